The van der Waals surface area contributed by atoms with Gasteiger partial charge in [-0.2, -0.15) is 0 Å². The van der Waals surface area contributed by atoms with E-state index in [2.05, 4.69) is 10.3 Å². The first kappa shape index (κ1) is 13.9. The molecule has 0 amide bonds. The van der Waals surface area contributed by atoms with Crippen molar-refractivity contribution in [2.45, 2.75) is 24.9 Å². The lowest BCUT2D eigenvalue weighted by Crippen LogP contribution is -2.35. The summed E-state index contributed by atoms with van der Waals surface area (Å²) in [6.07, 6.45) is 3.35. The van der Waals surface area contributed by atoms with Gasteiger partial charge in [-0.05, 0) is 5.56 Å². The van der Waals surface area contributed by atoms with E-state index in [1.807, 2.05) is 36.5 Å². The van der Waals surface area contributed by atoms with Crippen LogP contribution < -0.4 is 0 Å². The Hall–Kier alpha value is -2.02. The van der Waals surface area contributed by atoms with Crippen LogP contribution in [-0.2, 0) is 11.3 Å². The molecule has 1 aliphatic rings. The number of rotatable bonds is 4. The van der Waals surface area contributed by atoms with Gasteiger partial charge in [0.25, 0.3) is 0 Å². The molecule has 2 aromatic rings. The molecule has 6 heteroatoms. The standard InChI is InChI=1S/C15H17N3O3/c19-10-15-13(20)6-7-14(21-15)12-9-18(17-16-12)8-11-4-2-1-3-5-11/h1-7,9,13-15,19-20H,8,10H2/t13-,14-,15+/m0/s1. The second-order valence-electron chi connectivity index (χ2n) is 4.98. The van der Waals surface area contributed by atoms with Crippen LogP contribution in [0.3, 0.4) is 0 Å². The predicted molar refractivity (Wildman–Crippen MR) is 75.4 cm³/mol. The highest BCUT2D eigenvalue weighted by Crippen LogP contribution is 2.24. The van der Waals surface area contributed by atoms with Gasteiger partial charge in [0, 0.05) is 0 Å². The van der Waals surface area contributed by atoms with Gasteiger partial charge in [0.1, 0.15) is 24.0 Å². The fraction of sp³-hybridized carbons (Fsp3) is 0.333. The number of aromatic nitrogens is 3. The largest absolute Gasteiger partial charge is 0.394 e. The number of nitrogens with zero attached hydrogens (tertiary/aromatic N) is 3. The molecule has 0 saturated carbocycles. The molecule has 3 atom stereocenters. The van der Waals surface area contributed by atoms with Crippen molar-refractivity contribution in [3.05, 3.63) is 59.9 Å². The van der Waals surface area contributed by atoms with Gasteiger partial charge < -0.3 is 14.9 Å². The quantitative estimate of drug-likeness (QED) is 0.808. The summed E-state index contributed by atoms with van der Waals surface area (Å²) in [5, 5.41) is 27.0. The van der Waals surface area contributed by atoms with Gasteiger partial charge in [-0.3, -0.25) is 0 Å². The van der Waals surface area contributed by atoms with Gasteiger partial charge in [-0.15, -0.1) is 5.10 Å². The van der Waals surface area contributed by atoms with E-state index in [1.54, 1.807) is 16.8 Å². The lowest BCUT2D eigenvalue weighted by molar-refractivity contribution is -0.0816. The van der Waals surface area contributed by atoms with Crippen LogP contribution >= 0.6 is 0 Å². The zero-order valence-electron chi connectivity index (χ0n) is 11.4. The molecule has 0 spiro atoms. The highest BCUT2D eigenvalue weighted by Gasteiger charge is 2.27. The van der Waals surface area contributed by atoms with Crippen LogP contribution in [0.1, 0.15) is 17.4 Å². The number of aliphatic hydroxyl groups is 2. The van der Waals surface area contributed by atoms with Crippen molar-refractivity contribution in [2.75, 3.05) is 6.61 Å². The normalized spacial score (nSPS) is 25.1. The van der Waals surface area contributed by atoms with Crippen LogP contribution in [0, 0.1) is 0 Å². The molecule has 0 radical (unpaired) electrons. The summed E-state index contributed by atoms with van der Waals surface area (Å²) in [5.74, 6) is 0. The Morgan fingerprint density at radius 2 is 2.00 bits per heavy atom. The molecule has 2 N–H and O–H groups in total. The van der Waals surface area contributed by atoms with Crippen LogP contribution in [0.5, 0.6) is 0 Å². The molecule has 0 unspecified atom stereocenters. The van der Waals surface area contributed by atoms with E-state index in [0.717, 1.165) is 5.56 Å². The minimum absolute atomic E-state index is 0.236. The van der Waals surface area contributed by atoms with Gasteiger partial charge in [0.15, 0.2) is 0 Å². The molecule has 1 aromatic heterocycles. The maximum atomic E-state index is 9.62. The van der Waals surface area contributed by atoms with E-state index in [4.69, 9.17) is 9.84 Å². The molecule has 1 aliphatic heterocycles. The minimum Gasteiger partial charge on any atom is -0.394 e. The van der Waals surface area contributed by atoms with Crippen molar-refractivity contribution in [3.8, 4) is 0 Å². The first-order chi connectivity index (χ1) is 10.3. The Balaban J connectivity index is 1.72. The Morgan fingerprint density at radius 3 is 2.76 bits per heavy atom. The first-order valence-corrected chi connectivity index (χ1v) is 6.83. The highest BCUT2D eigenvalue weighted by atomic mass is 16.5. The number of benzene rings is 1. The lowest BCUT2D eigenvalue weighted by Gasteiger charge is -2.27. The number of ether oxygens (including phenoxy) is 1. The third kappa shape index (κ3) is 3.18. The third-order valence-corrected chi connectivity index (χ3v) is 3.40. The van der Waals surface area contributed by atoms with Gasteiger partial charge in [0.2, 0.25) is 0 Å². The average molecular weight is 287 g/mol. The van der Waals surface area contributed by atoms with Crippen molar-refractivity contribution in [3.63, 3.8) is 0 Å². The van der Waals surface area contributed by atoms with Crippen molar-refractivity contribution < 1.29 is 14.9 Å². The number of hydrogen-bond donors (Lipinski definition) is 2. The monoisotopic (exact) mass is 287 g/mol. The van der Waals surface area contributed by atoms with Gasteiger partial charge in [-0.25, -0.2) is 4.68 Å². The van der Waals surface area contributed by atoms with Crippen LogP contribution in [0.25, 0.3) is 0 Å². The SMILES string of the molecule is OC[C@H]1O[C@H](c2cn(Cc3ccccc3)nn2)C=C[C@@H]1O. The van der Waals surface area contributed by atoms with Crippen molar-refractivity contribution >= 4 is 0 Å². The van der Waals surface area contributed by atoms with E-state index in [-0.39, 0.29) is 6.61 Å². The smallest absolute Gasteiger partial charge is 0.122 e. The predicted octanol–water partition coefficient (Wildman–Crippen LogP) is 0.676. The Bertz CT molecular complexity index is 612. The molecule has 0 aliphatic carbocycles. The maximum Gasteiger partial charge on any atom is 0.122 e. The molecule has 21 heavy (non-hydrogen) atoms. The van der Waals surface area contributed by atoms with Crippen molar-refractivity contribution in [1.82, 2.24) is 15.0 Å². The lowest BCUT2D eigenvalue weighted by atomic mass is 10.1. The summed E-state index contributed by atoms with van der Waals surface area (Å²) in [6, 6.07) is 9.98. The fourth-order valence-electron chi connectivity index (χ4n) is 2.26. The summed E-state index contributed by atoms with van der Waals surface area (Å²) in [7, 11) is 0. The average Bonchev–Trinajstić information content (AvgIpc) is 2.97. The summed E-state index contributed by atoms with van der Waals surface area (Å²) in [5.41, 5.74) is 1.80. The maximum absolute atomic E-state index is 9.62. The summed E-state index contributed by atoms with van der Waals surface area (Å²) in [4.78, 5) is 0. The van der Waals surface area contributed by atoms with Gasteiger partial charge >= 0.3 is 0 Å². The second-order valence-corrected chi connectivity index (χ2v) is 4.98. The Morgan fingerprint density at radius 1 is 1.19 bits per heavy atom. The van der Waals surface area contributed by atoms with Crippen LogP contribution in [0.15, 0.2) is 48.7 Å². The van der Waals surface area contributed by atoms with E-state index in [0.29, 0.717) is 12.2 Å². The summed E-state index contributed by atoms with van der Waals surface area (Å²) >= 11 is 0. The van der Waals surface area contributed by atoms with Gasteiger partial charge in [-0.1, -0.05) is 47.7 Å². The minimum atomic E-state index is -0.786. The second kappa shape index (κ2) is 6.17. The molecule has 110 valence electrons. The fourth-order valence-corrected chi connectivity index (χ4v) is 2.26. The van der Waals surface area contributed by atoms with Crippen LogP contribution in [0.4, 0.5) is 0 Å². The van der Waals surface area contributed by atoms with E-state index in [9.17, 15) is 5.11 Å². The Kier molecular flexibility index (Phi) is 4.10. The van der Waals surface area contributed by atoms with E-state index >= 15 is 0 Å². The topological polar surface area (TPSA) is 80.4 Å². The molecule has 0 fully saturated rings. The van der Waals surface area contributed by atoms with E-state index < -0.39 is 18.3 Å². The number of aliphatic hydroxyl groups excluding tert-OH is 2. The van der Waals surface area contributed by atoms with Crippen LogP contribution in [0.2, 0.25) is 0 Å². The number of hydrogen-bond acceptors (Lipinski definition) is 5. The van der Waals surface area contributed by atoms with Gasteiger partial charge in [0.05, 0.1) is 19.3 Å². The molecule has 6 nitrogen and oxygen atoms in total. The van der Waals surface area contributed by atoms with Crippen LogP contribution in [-0.4, -0.2) is 44.0 Å². The third-order valence-electron chi connectivity index (χ3n) is 3.40. The molecule has 3 rings (SSSR count). The highest BCUT2D eigenvalue weighted by molar-refractivity contribution is 5.16. The molecule has 2 heterocycles. The molecular formula is C15H17N3O3. The van der Waals surface area contributed by atoms with E-state index in [1.165, 1.54) is 0 Å². The van der Waals surface area contributed by atoms with Crippen molar-refractivity contribution in [2.24, 2.45) is 0 Å². The first-order valence-electron chi connectivity index (χ1n) is 6.83. The molecule has 0 bridgehead atoms. The molecular weight excluding hydrogens is 270 g/mol. The zero-order chi connectivity index (χ0) is 14.7. The zero-order valence-corrected chi connectivity index (χ0v) is 11.4. The Labute approximate surface area is 122 Å². The summed E-state index contributed by atoms with van der Waals surface area (Å²) in [6.45, 7) is 0.399. The summed E-state index contributed by atoms with van der Waals surface area (Å²) < 4.78 is 7.33. The molecule has 0 saturated heterocycles. The molecule has 1 aromatic carbocycles. The van der Waals surface area contributed by atoms with Crippen molar-refractivity contribution in [1.29, 1.82) is 0 Å².